The Kier molecular flexibility index (Phi) is 8.26. The van der Waals surface area contributed by atoms with Gasteiger partial charge in [0.25, 0.3) is 0 Å². The summed E-state index contributed by atoms with van der Waals surface area (Å²) in [4.78, 5) is 12.1. The van der Waals surface area contributed by atoms with E-state index < -0.39 is 0 Å². The molecule has 1 N–H and O–H groups in total. The van der Waals surface area contributed by atoms with E-state index in [1.807, 2.05) is 12.1 Å². The van der Waals surface area contributed by atoms with Gasteiger partial charge in [-0.2, -0.15) is 0 Å². The molecule has 0 spiro atoms. The van der Waals surface area contributed by atoms with Crippen molar-refractivity contribution in [2.24, 2.45) is 5.92 Å². The Morgan fingerprint density at radius 2 is 1.76 bits per heavy atom. The topological polar surface area (TPSA) is 54.9 Å². The molecule has 7 heteroatoms. The van der Waals surface area contributed by atoms with E-state index in [2.05, 4.69) is 55.3 Å². The smallest absolute Gasteiger partial charge is 0.234 e. The predicted octanol–water partition coefficient (Wildman–Crippen LogP) is 5.53. The zero-order chi connectivity index (χ0) is 18.2. The average molecular weight is 396 g/mol. The molecule has 1 aromatic carbocycles. The fourth-order valence-corrected chi connectivity index (χ4v) is 4.80. The Labute approximate surface area is 162 Å². The maximum Gasteiger partial charge on any atom is 0.234 e. The van der Waals surface area contributed by atoms with Gasteiger partial charge in [0.1, 0.15) is 0 Å². The summed E-state index contributed by atoms with van der Waals surface area (Å²) in [5.74, 6) is 2.53. The van der Waals surface area contributed by atoms with Crippen molar-refractivity contribution in [1.82, 2.24) is 10.2 Å². The molecule has 1 atom stereocenters. The van der Waals surface area contributed by atoms with Crippen molar-refractivity contribution < 1.29 is 4.79 Å². The van der Waals surface area contributed by atoms with Gasteiger partial charge in [-0.05, 0) is 36.0 Å². The summed E-state index contributed by atoms with van der Waals surface area (Å²) < 4.78 is 1.81. The number of aromatic nitrogens is 2. The first-order chi connectivity index (χ1) is 12.0. The zero-order valence-electron chi connectivity index (χ0n) is 15.1. The van der Waals surface area contributed by atoms with E-state index in [-0.39, 0.29) is 5.91 Å². The van der Waals surface area contributed by atoms with Crippen LogP contribution in [0.1, 0.15) is 45.6 Å². The molecule has 1 aromatic heterocycles. The Balaban J connectivity index is 1.78. The van der Waals surface area contributed by atoms with E-state index in [1.165, 1.54) is 17.3 Å². The van der Waals surface area contributed by atoms with Gasteiger partial charge in [0, 0.05) is 11.4 Å². The molecule has 1 amide bonds. The highest BCUT2D eigenvalue weighted by atomic mass is 32.2. The number of benzene rings is 1. The minimum absolute atomic E-state index is 0.0205. The molecule has 25 heavy (non-hydrogen) atoms. The number of nitrogens with one attached hydrogen (secondary N) is 1. The number of rotatable bonds is 9. The van der Waals surface area contributed by atoms with E-state index in [9.17, 15) is 4.79 Å². The van der Waals surface area contributed by atoms with Gasteiger partial charge < -0.3 is 5.32 Å². The molecule has 0 fully saturated rings. The van der Waals surface area contributed by atoms with Crippen LogP contribution in [-0.4, -0.2) is 27.6 Å². The molecular weight excluding hydrogens is 370 g/mol. The van der Waals surface area contributed by atoms with Crippen molar-refractivity contribution in [2.75, 3.05) is 16.8 Å². The normalized spacial score (nSPS) is 12.4. The van der Waals surface area contributed by atoms with Gasteiger partial charge in [0.15, 0.2) is 8.68 Å². The molecule has 0 aliphatic carbocycles. The van der Waals surface area contributed by atoms with Crippen molar-refractivity contribution >= 4 is 46.5 Å². The standard InChI is InChI=1S/C18H25N3OS3/c1-5-13(4)14-6-8-15(9-7-14)19-16(22)11-24-18-21-20-17(25-18)23-10-12(2)3/h6-9,12-13H,5,10-11H2,1-4H3,(H,19,22)/t13-/m0/s1. The molecule has 0 aliphatic heterocycles. The van der Waals surface area contributed by atoms with Crippen LogP contribution >= 0.6 is 34.9 Å². The molecule has 2 rings (SSSR count). The summed E-state index contributed by atoms with van der Waals surface area (Å²) in [6.45, 7) is 8.75. The number of nitrogens with zero attached hydrogens (tertiary/aromatic N) is 2. The molecule has 0 unspecified atom stereocenters. The SMILES string of the molecule is CC[C@H](C)c1ccc(NC(=O)CSc2nnc(SCC(C)C)s2)cc1. The highest BCUT2D eigenvalue weighted by Crippen LogP contribution is 2.29. The first-order valence-corrected chi connectivity index (χ1v) is 11.3. The van der Waals surface area contributed by atoms with E-state index in [1.54, 1.807) is 23.1 Å². The summed E-state index contributed by atoms with van der Waals surface area (Å²) in [5, 5.41) is 11.2. The maximum absolute atomic E-state index is 12.1. The second-order valence-electron chi connectivity index (χ2n) is 6.31. The number of anilines is 1. The van der Waals surface area contributed by atoms with Crippen molar-refractivity contribution in [3.63, 3.8) is 0 Å². The van der Waals surface area contributed by atoms with Crippen LogP contribution in [0.15, 0.2) is 32.9 Å². The van der Waals surface area contributed by atoms with Crippen LogP contribution in [0, 0.1) is 5.92 Å². The second-order valence-corrected chi connectivity index (χ2v) is 9.77. The third kappa shape index (κ3) is 6.99. The Morgan fingerprint density at radius 1 is 1.12 bits per heavy atom. The third-order valence-corrected chi connectivity index (χ3v) is 7.25. The molecule has 136 valence electrons. The lowest BCUT2D eigenvalue weighted by Crippen LogP contribution is -2.13. The lowest BCUT2D eigenvalue weighted by atomic mass is 9.99. The van der Waals surface area contributed by atoms with Gasteiger partial charge in [0.05, 0.1) is 5.75 Å². The number of thioether (sulfide) groups is 2. The lowest BCUT2D eigenvalue weighted by molar-refractivity contribution is -0.113. The molecule has 0 aliphatic rings. The van der Waals surface area contributed by atoms with Crippen molar-refractivity contribution in [1.29, 1.82) is 0 Å². The van der Waals surface area contributed by atoms with Gasteiger partial charge >= 0.3 is 0 Å². The van der Waals surface area contributed by atoms with Crippen LogP contribution in [0.5, 0.6) is 0 Å². The summed E-state index contributed by atoms with van der Waals surface area (Å²) in [5.41, 5.74) is 2.14. The highest BCUT2D eigenvalue weighted by molar-refractivity contribution is 8.03. The number of carbonyl (C=O) groups is 1. The van der Waals surface area contributed by atoms with E-state index >= 15 is 0 Å². The number of amides is 1. The Bertz CT molecular complexity index is 670. The monoisotopic (exact) mass is 395 g/mol. The number of carbonyl (C=O) groups excluding carboxylic acids is 1. The van der Waals surface area contributed by atoms with Crippen LogP contribution in [0.3, 0.4) is 0 Å². The van der Waals surface area contributed by atoms with Crippen molar-refractivity contribution in [2.45, 2.75) is 48.7 Å². The Hall–Kier alpha value is -1.05. The quantitative estimate of drug-likeness (QED) is 0.566. The molecule has 0 saturated carbocycles. The van der Waals surface area contributed by atoms with Crippen LogP contribution in [0.2, 0.25) is 0 Å². The van der Waals surface area contributed by atoms with Gasteiger partial charge in [-0.25, -0.2) is 0 Å². The van der Waals surface area contributed by atoms with Crippen LogP contribution in [0.25, 0.3) is 0 Å². The summed E-state index contributed by atoms with van der Waals surface area (Å²) in [6.07, 6.45) is 1.11. The van der Waals surface area contributed by atoms with E-state index in [0.29, 0.717) is 17.6 Å². The molecule has 0 saturated heterocycles. The van der Waals surface area contributed by atoms with E-state index in [4.69, 9.17) is 0 Å². The van der Waals surface area contributed by atoms with Crippen LogP contribution in [0.4, 0.5) is 5.69 Å². The minimum atomic E-state index is -0.0205. The predicted molar refractivity (Wildman–Crippen MR) is 110 cm³/mol. The first-order valence-electron chi connectivity index (χ1n) is 8.46. The fraction of sp³-hybridized carbons (Fsp3) is 0.500. The third-order valence-electron chi connectivity index (χ3n) is 3.63. The van der Waals surface area contributed by atoms with E-state index in [0.717, 1.165) is 26.5 Å². The molecule has 4 nitrogen and oxygen atoms in total. The largest absolute Gasteiger partial charge is 0.325 e. The zero-order valence-corrected chi connectivity index (χ0v) is 17.6. The highest BCUT2D eigenvalue weighted by Gasteiger charge is 2.10. The van der Waals surface area contributed by atoms with Crippen molar-refractivity contribution in [3.05, 3.63) is 29.8 Å². The molecule has 2 aromatic rings. The molecule has 0 radical (unpaired) electrons. The minimum Gasteiger partial charge on any atom is -0.325 e. The summed E-state index contributed by atoms with van der Waals surface area (Å²) >= 11 is 4.71. The number of hydrogen-bond acceptors (Lipinski definition) is 6. The first kappa shape index (κ1) is 20.3. The maximum atomic E-state index is 12.1. The molecule has 1 heterocycles. The van der Waals surface area contributed by atoms with Gasteiger partial charge in [-0.1, -0.05) is 74.7 Å². The molecule has 0 bridgehead atoms. The van der Waals surface area contributed by atoms with Crippen LogP contribution in [-0.2, 0) is 4.79 Å². The lowest BCUT2D eigenvalue weighted by Gasteiger charge is -2.10. The van der Waals surface area contributed by atoms with Gasteiger partial charge in [-0.3, -0.25) is 4.79 Å². The second kappa shape index (κ2) is 10.2. The number of hydrogen-bond donors (Lipinski definition) is 1. The van der Waals surface area contributed by atoms with Gasteiger partial charge in [0.2, 0.25) is 5.91 Å². The summed E-state index contributed by atoms with van der Waals surface area (Å²) in [7, 11) is 0. The van der Waals surface area contributed by atoms with Gasteiger partial charge in [-0.15, -0.1) is 10.2 Å². The fourth-order valence-electron chi connectivity index (χ4n) is 2.01. The Morgan fingerprint density at radius 3 is 2.36 bits per heavy atom. The summed E-state index contributed by atoms with van der Waals surface area (Å²) in [6, 6.07) is 8.10. The molecular formula is C18H25N3OS3. The average Bonchev–Trinajstić information content (AvgIpc) is 3.06. The van der Waals surface area contributed by atoms with Crippen LogP contribution < -0.4 is 5.32 Å². The van der Waals surface area contributed by atoms with Crippen molar-refractivity contribution in [3.8, 4) is 0 Å².